The van der Waals surface area contributed by atoms with Gasteiger partial charge in [0.15, 0.2) is 5.11 Å². The monoisotopic (exact) mass is 568 g/mol. The molecule has 0 bridgehead atoms. The number of likely N-dealkylation sites (N-methyl/N-ethyl adjacent to an activating group) is 1. The molecule has 0 aliphatic carbocycles. The van der Waals surface area contributed by atoms with Gasteiger partial charge in [0.1, 0.15) is 0 Å². The minimum atomic E-state index is -0.953. The maximum absolute atomic E-state index is 13.6. The average Bonchev–Trinajstić information content (AvgIpc) is 3.08. The van der Waals surface area contributed by atoms with E-state index in [1.807, 2.05) is 30.3 Å². The van der Waals surface area contributed by atoms with Gasteiger partial charge in [-0.25, -0.2) is 4.99 Å². The summed E-state index contributed by atoms with van der Waals surface area (Å²) in [5.74, 6) is -0.239. The molecule has 2 N–H and O–H groups in total. The third-order valence-electron chi connectivity index (χ3n) is 7.45. The number of carbonyl (C=O) groups excluding carboxylic acids is 1. The topological polar surface area (TPSA) is 72.9 Å². The largest absolute Gasteiger partial charge is 0.371 e. The van der Waals surface area contributed by atoms with Crippen molar-refractivity contribution in [1.82, 2.24) is 10.3 Å². The molecule has 1 saturated heterocycles. The highest BCUT2D eigenvalue weighted by atomic mass is 35.5. The van der Waals surface area contributed by atoms with Crippen molar-refractivity contribution < 1.29 is 4.79 Å². The van der Waals surface area contributed by atoms with E-state index < -0.39 is 6.17 Å². The Morgan fingerprint density at radius 3 is 2.52 bits per heavy atom. The predicted molar refractivity (Wildman–Crippen MR) is 168 cm³/mol. The maximum atomic E-state index is 13.6. The first-order chi connectivity index (χ1) is 19.5. The zero-order chi connectivity index (χ0) is 27.6. The second-order valence-corrected chi connectivity index (χ2v) is 10.8. The summed E-state index contributed by atoms with van der Waals surface area (Å²) in [5.41, 5.74) is 4.95. The van der Waals surface area contributed by atoms with Crippen molar-refractivity contribution in [3.8, 4) is 0 Å². The number of hydrogen-bond donors (Lipinski definition) is 2. The quantitative estimate of drug-likeness (QED) is 0.294. The number of rotatable bonds is 4. The maximum Gasteiger partial charge on any atom is 0.272 e. The van der Waals surface area contributed by atoms with Gasteiger partial charge in [0.2, 0.25) is 6.17 Å². The summed E-state index contributed by atoms with van der Waals surface area (Å²) in [4.78, 5) is 26.8. The molecule has 3 heterocycles. The fraction of sp³-hybridized carbons (Fsp3) is 0.226. The van der Waals surface area contributed by atoms with Crippen molar-refractivity contribution in [3.63, 3.8) is 0 Å². The van der Waals surface area contributed by atoms with Crippen LogP contribution in [0.3, 0.4) is 0 Å². The molecule has 1 amide bonds. The van der Waals surface area contributed by atoms with Gasteiger partial charge in [-0.15, -0.1) is 0 Å². The number of fused-ring (bicyclic) bond motifs is 2. The van der Waals surface area contributed by atoms with Gasteiger partial charge in [-0.2, -0.15) is 0 Å². The molecule has 3 aromatic carbocycles. The Labute approximate surface area is 243 Å². The van der Waals surface area contributed by atoms with Gasteiger partial charge >= 0.3 is 0 Å². The molecule has 40 heavy (non-hydrogen) atoms. The third kappa shape index (κ3) is 5.12. The Kier molecular flexibility index (Phi) is 7.36. The van der Waals surface area contributed by atoms with Gasteiger partial charge < -0.3 is 20.4 Å². The first-order valence-electron chi connectivity index (χ1n) is 13.4. The lowest BCUT2D eigenvalue weighted by molar-refractivity contribution is -0.119. The zero-order valence-corrected chi connectivity index (χ0v) is 23.7. The van der Waals surface area contributed by atoms with Crippen molar-refractivity contribution in [2.24, 2.45) is 4.99 Å². The Hall–Kier alpha value is -4.01. The van der Waals surface area contributed by atoms with E-state index in [9.17, 15) is 4.79 Å². The second-order valence-electron chi connectivity index (χ2n) is 10.0. The first kappa shape index (κ1) is 26.2. The van der Waals surface area contributed by atoms with Crippen molar-refractivity contribution in [2.75, 3.05) is 35.3 Å². The number of carbonyl (C=O) groups is 1. The SMILES string of the molecule is CN1C(=O)C(NC(=S)Nc2ccc(N3CCCCC3)c3ccccc23)N=C(c2cccnc2)c2cc(Cl)ccc21. The molecule has 6 rings (SSSR count). The van der Waals surface area contributed by atoms with Crippen LogP contribution in [0.1, 0.15) is 30.4 Å². The van der Waals surface area contributed by atoms with Gasteiger partial charge in [0.25, 0.3) is 5.91 Å². The van der Waals surface area contributed by atoms with Crippen LogP contribution in [0.15, 0.2) is 84.1 Å². The number of nitrogens with one attached hydrogen (secondary N) is 2. The summed E-state index contributed by atoms with van der Waals surface area (Å²) in [6.07, 6.45) is 6.18. The predicted octanol–water partition coefficient (Wildman–Crippen LogP) is 6.01. The number of thiocarbonyl (C=S) groups is 1. The lowest BCUT2D eigenvalue weighted by atomic mass is 10.0. The van der Waals surface area contributed by atoms with Crippen LogP contribution in [0.5, 0.6) is 0 Å². The number of pyridine rings is 1. The Morgan fingerprint density at radius 1 is 0.975 bits per heavy atom. The van der Waals surface area contributed by atoms with Crippen LogP contribution in [-0.4, -0.2) is 48.0 Å². The molecular formula is C31H29ClN6OS. The van der Waals surface area contributed by atoms with Crippen LogP contribution >= 0.6 is 23.8 Å². The van der Waals surface area contributed by atoms with Crippen LogP contribution in [0.4, 0.5) is 17.1 Å². The molecule has 1 atom stereocenters. The van der Waals surface area contributed by atoms with E-state index in [0.29, 0.717) is 21.5 Å². The summed E-state index contributed by atoms with van der Waals surface area (Å²) in [5, 5.41) is 9.59. The van der Waals surface area contributed by atoms with E-state index in [2.05, 4.69) is 50.8 Å². The smallest absolute Gasteiger partial charge is 0.272 e. The molecule has 0 spiro atoms. The fourth-order valence-corrected chi connectivity index (χ4v) is 5.85. The van der Waals surface area contributed by atoms with Crippen molar-refractivity contribution in [2.45, 2.75) is 25.4 Å². The lowest BCUT2D eigenvalue weighted by Crippen LogP contribution is -2.47. The van der Waals surface area contributed by atoms with E-state index in [-0.39, 0.29) is 5.91 Å². The van der Waals surface area contributed by atoms with Crippen LogP contribution in [-0.2, 0) is 4.79 Å². The molecule has 9 heteroatoms. The second kappa shape index (κ2) is 11.2. The van der Waals surface area contributed by atoms with Gasteiger partial charge in [0.05, 0.1) is 11.4 Å². The molecule has 1 aromatic heterocycles. The normalized spacial score (nSPS) is 17.2. The van der Waals surface area contributed by atoms with Crippen LogP contribution in [0.25, 0.3) is 10.8 Å². The van der Waals surface area contributed by atoms with E-state index in [1.165, 1.54) is 30.3 Å². The van der Waals surface area contributed by atoms with Gasteiger partial charge in [-0.3, -0.25) is 9.78 Å². The average molecular weight is 569 g/mol. The van der Waals surface area contributed by atoms with Crippen molar-refractivity contribution >= 4 is 68.4 Å². The molecular weight excluding hydrogens is 540 g/mol. The molecule has 1 unspecified atom stereocenters. The van der Waals surface area contributed by atoms with Gasteiger partial charge in [-0.05, 0) is 73.9 Å². The van der Waals surface area contributed by atoms with Gasteiger partial charge in [0, 0.05) is 70.8 Å². The molecule has 2 aliphatic rings. The summed E-state index contributed by atoms with van der Waals surface area (Å²) >= 11 is 12.1. The highest BCUT2D eigenvalue weighted by Gasteiger charge is 2.31. The molecule has 0 radical (unpaired) electrons. The number of hydrogen-bond acceptors (Lipinski definition) is 5. The Balaban J connectivity index is 1.31. The van der Waals surface area contributed by atoms with E-state index in [1.54, 1.807) is 30.4 Å². The summed E-state index contributed by atoms with van der Waals surface area (Å²) in [7, 11) is 1.73. The number of halogens is 1. The van der Waals surface area contributed by atoms with E-state index >= 15 is 0 Å². The molecule has 4 aromatic rings. The molecule has 2 aliphatic heterocycles. The number of piperidine rings is 1. The summed E-state index contributed by atoms with van der Waals surface area (Å²) < 4.78 is 0. The number of amides is 1. The number of aliphatic imine (C=N–C) groups is 1. The summed E-state index contributed by atoms with van der Waals surface area (Å²) in [6.45, 7) is 2.14. The molecule has 202 valence electrons. The molecule has 7 nitrogen and oxygen atoms in total. The first-order valence-corrected chi connectivity index (χ1v) is 14.2. The molecule has 0 saturated carbocycles. The van der Waals surface area contributed by atoms with Crippen LogP contribution in [0, 0.1) is 0 Å². The standard InChI is InChI=1S/C31H29ClN6OS/c1-37-26-13-11-21(32)18-24(26)28(20-8-7-15-33-19-20)35-29(30(37)39)36-31(40)34-25-12-14-27(38-16-5-2-6-17-38)23-10-4-3-9-22(23)25/h3-4,7-15,18-19,29H,2,5-6,16-17H2,1H3,(H2,34,36,40). The highest BCUT2D eigenvalue weighted by Crippen LogP contribution is 2.34. The number of benzodiazepines with no additional fused rings is 1. The van der Waals surface area contributed by atoms with E-state index in [4.69, 9.17) is 28.8 Å². The fourth-order valence-electron chi connectivity index (χ4n) is 5.46. The minimum absolute atomic E-state index is 0.239. The highest BCUT2D eigenvalue weighted by molar-refractivity contribution is 7.80. The van der Waals surface area contributed by atoms with E-state index in [0.717, 1.165) is 35.3 Å². The number of benzene rings is 3. The zero-order valence-electron chi connectivity index (χ0n) is 22.1. The van der Waals surface area contributed by atoms with Crippen LogP contribution < -0.4 is 20.4 Å². The van der Waals surface area contributed by atoms with Gasteiger partial charge in [-0.1, -0.05) is 35.9 Å². The minimum Gasteiger partial charge on any atom is -0.371 e. The number of nitrogens with zero attached hydrogens (tertiary/aromatic N) is 4. The molecule has 1 fully saturated rings. The van der Waals surface area contributed by atoms with Crippen molar-refractivity contribution in [3.05, 3.63) is 95.3 Å². The Bertz CT molecular complexity index is 1620. The Morgan fingerprint density at radius 2 is 1.75 bits per heavy atom. The summed E-state index contributed by atoms with van der Waals surface area (Å²) in [6, 6.07) is 21.7. The number of aromatic nitrogens is 1. The lowest BCUT2D eigenvalue weighted by Gasteiger charge is -2.30. The van der Waals surface area contributed by atoms with Crippen LogP contribution in [0.2, 0.25) is 5.02 Å². The van der Waals surface area contributed by atoms with Crippen molar-refractivity contribution in [1.29, 1.82) is 0 Å². The number of anilines is 3. The third-order valence-corrected chi connectivity index (χ3v) is 7.90.